The van der Waals surface area contributed by atoms with Crippen molar-refractivity contribution in [3.05, 3.63) is 87.5 Å². The van der Waals surface area contributed by atoms with Crippen LogP contribution >= 0.6 is 11.6 Å². The van der Waals surface area contributed by atoms with Crippen LogP contribution in [-0.2, 0) is 17.8 Å². The van der Waals surface area contributed by atoms with Crippen molar-refractivity contribution in [3.8, 4) is 0 Å². The van der Waals surface area contributed by atoms with E-state index in [1.807, 2.05) is 48.7 Å². The van der Waals surface area contributed by atoms with Gasteiger partial charge in [-0.25, -0.2) is 4.79 Å². The lowest BCUT2D eigenvalue weighted by Gasteiger charge is -2.08. The van der Waals surface area contributed by atoms with Gasteiger partial charge < -0.3 is 9.30 Å². The van der Waals surface area contributed by atoms with E-state index in [0.717, 1.165) is 17.0 Å². The van der Waals surface area contributed by atoms with Crippen LogP contribution in [0.15, 0.2) is 43.0 Å². The molecule has 0 N–H and O–H groups in total. The van der Waals surface area contributed by atoms with E-state index in [4.69, 9.17) is 16.3 Å². The third-order valence-electron chi connectivity index (χ3n) is 5.38. The topological polar surface area (TPSA) is 66.1 Å². The van der Waals surface area contributed by atoms with Crippen molar-refractivity contribution in [1.82, 2.24) is 14.3 Å². The lowest BCUT2D eigenvalue weighted by atomic mass is 10.1. The van der Waals surface area contributed by atoms with Crippen LogP contribution in [0, 0.1) is 27.7 Å². The SMILES string of the molecule is C=CCn1c(C)cc(C(=O)COC(=O)c2c(C)nn(Cc3ccccc3Cl)c2C)c1C. The first-order valence-electron chi connectivity index (χ1n) is 10.00. The lowest BCUT2D eigenvalue weighted by molar-refractivity contribution is 0.0473. The van der Waals surface area contributed by atoms with Gasteiger partial charge in [0.25, 0.3) is 0 Å². The van der Waals surface area contributed by atoms with Gasteiger partial charge in [0.1, 0.15) is 5.56 Å². The predicted molar refractivity (Wildman–Crippen MR) is 121 cm³/mol. The molecule has 0 saturated heterocycles. The number of Topliss-reactive ketones (excluding diaryl/α,β-unsaturated/α-hetero) is 1. The second-order valence-corrected chi connectivity index (χ2v) is 7.89. The number of carbonyl (C=O) groups is 2. The number of allylic oxidation sites excluding steroid dienone is 1. The highest BCUT2D eigenvalue weighted by Crippen LogP contribution is 2.21. The molecule has 7 heteroatoms. The van der Waals surface area contributed by atoms with Crippen LogP contribution in [0.4, 0.5) is 0 Å². The number of nitrogens with zero attached hydrogens (tertiary/aromatic N) is 3. The summed E-state index contributed by atoms with van der Waals surface area (Å²) >= 11 is 6.25. The molecule has 0 saturated carbocycles. The highest BCUT2D eigenvalue weighted by Gasteiger charge is 2.23. The molecular formula is C24H26ClN3O3. The van der Waals surface area contributed by atoms with Crippen molar-refractivity contribution in [2.75, 3.05) is 6.61 Å². The maximum Gasteiger partial charge on any atom is 0.342 e. The van der Waals surface area contributed by atoms with Crippen LogP contribution in [-0.4, -0.2) is 32.7 Å². The molecule has 0 spiro atoms. The van der Waals surface area contributed by atoms with Crippen molar-refractivity contribution < 1.29 is 14.3 Å². The Morgan fingerprint density at radius 2 is 1.87 bits per heavy atom. The maximum atomic E-state index is 12.7. The van der Waals surface area contributed by atoms with E-state index in [9.17, 15) is 9.59 Å². The zero-order valence-corrected chi connectivity index (χ0v) is 19.0. The molecule has 31 heavy (non-hydrogen) atoms. The third kappa shape index (κ3) is 4.64. The molecule has 0 fully saturated rings. The second kappa shape index (κ2) is 9.35. The quantitative estimate of drug-likeness (QED) is 0.286. The van der Waals surface area contributed by atoms with E-state index in [0.29, 0.717) is 40.6 Å². The van der Waals surface area contributed by atoms with E-state index in [1.165, 1.54) is 0 Å². The number of carbonyl (C=O) groups excluding carboxylic acids is 2. The van der Waals surface area contributed by atoms with Gasteiger partial charge in [-0.05, 0) is 45.4 Å². The number of rotatable bonds is 8. The minimum absolute atomic E-state index is 0.240. The maximum absolute atomic E-state index is 12.7. The number of hydrogen-bond acceptors (Lipinski definition) is 4. The van der Waals surface area contributed by atoms with Gasteiger partial charge in [0.2, 0.25) is 5.78 Å². The summed E-state index contributed by atoms with van der Waals surface area (Å²) < 4.78 is 9.08. The molecular weight excluding hydrogens is 414 g/mol. The van der Waals surface area contributed by atoms with Gasteiger partial charge in [-0.1, -0.05) is 35.9 Å². The van der Waals surface area contributed by atoms with Crippen LogP contribution in [0.1, 0.15) is 49.1 Å². The predicted octanol–water partition coefficient (Wildman–Crippen LogP) is 4.85. The highest BCUT2D eigenvalue weighted by atomic mass is 35.5. The molecule has 0 aliphatic heterocycles. The molecule has 0 unspecified atom stereocenters. The van der Waals surface area contributed by atoms with Crippen molar-refractivity contribution in [2.24, 2.45) is 0 Å². The van der Waals surface area contributed by atoms with Gasteiger partial charge in [0.15, 0.2) is 6.61 Å². The first kappa shape index (κ1) is 22.6. The summed E-state index contributed by atoms with van der Waals surface area (Å²) in [5, 5.41) is 5.10. The zero-order chi connectivity index (χ0) is 22.7. The first-order valence-corrected chi connectivity index (χ1v) is 10.4. The van der Waals surface area contributed by atoms with Crippen molar-refractivity contribution in [3.63, 3.8) is 0 Å². The summed E-state index contributed by atoms with van der Waals surface area (Å²) in [4.78, 5) is 25.4. The molecule has 0 bridgehead atoms. The van der Waals surface area contributed by atoms with Gasteiger partial charge in [-0.3, -0.25) is 9.48 Å². The summed E-state index contributed by atoms with van der Waals surface area (Å²) in [5.41, 5.74) is 4.83. The average Bonchev–Trinajstić information content (AvgIpc) is 3.17. The summed E-state index contributed by atoms with van der Waals surface area (Å²) in [5.74, 6) is -0.802. The number of hydrogen-bond donors (Lipinski definition) is 0. The summed E-state index contributed by atoms with van der Waals surface area (Å²) in [6.45, 7) is 11.8. The summed E-state index contributed by atoms with van der Waals surface area (Å²) in [7, 11) is 0. The number of ketones is 1. The van der Waals surface area contributed by atoms with E-state index in [2.05, 4.69) is 11.7 Å². The number of ether oxygens (including phenoxy) is 1. The van der Waals surface area contributed by atoms with Gasteiger partial charge in [0, 0.05) is 28.5 Å². The highest BCUT2D eigenvalue weighted by molar-refractivity contribution is 6.31. The number of esters is 1. The Balaban J connectivity index is 1.73. The second-order valence-electron chi connectivity index (χ2n) is 7.48. The molecule has 2 heterocycles. The molecule has 162 valence electrons. The Bertz CT molecular complexity index is 1160. The first-order chi connectivity index (χ1) is 14.7. The third-order valence-corrected chi connectivity index (χ3v) is 5.75. The largest absolute Gasteiger partial charge is 0.454 e. The summed E-state index contributed by atoms with van der Waals surface area (Å²) in [6, 6.07) is 9.31. The van der Waals surface area contributed by atoms with E-state index in [1.54, 1.807) is 24.6 Å². The smallest absolute Gasteiger partial charge is 0.342 e. The van der Waals surface area contributed by atoms with E-state index in [-0.39, 0.29) is 12.4 Å². The van der Waals surface area contributed by atoms with Crippen molar-refractivity contribution in [1.29, 1.82) is 0 Å². The Labute approximate surface area is 187 Å². The van der Waals surface area contributed by atoms with Crippen molar-refractivity contribution >= 4 is 23.4 Å². The fourth-order valence-corrected chi connectivity index (χ4v) is 3.90. The monoisotopic (exact) mass is 439 g/mol. The fraction of sp³-hybridized carbons (Fsp3) is 0.292. The summed E-state index contributed by atoms with van der Waals surface area (Å²) in [6.07, 6.45) is 1.78. The normalized spacial score (nSPS) is 10.9. The molecule has 0 aliphatic carbocycles. The Morgan fingerprint density at radius 1 is 1.16 bits per heavy atom. The fourth-order valence-electron chi connectivity index (χ4n) is 3.71. The average molecular weight is 440 g/mol. The van der Waals surface area contributed by atoms with Gasteiger partial charge in [-0.15, -0.1) is 6.58 Å². The molecule has 0 aliphatic rings. The van der Waals surface area contributed by atoms with E-state index < -0.39 is 5.97 Å². The molecule has 0 amide bonds. The Morgan fingerprint density at radius 3 is 2.55 bits per heavy atom. The number of benzene rings is 1. The number of aryl methyl sites for hydroxylation is 2. The van der Waals surface area contributed by atoms with Crippen LogP contribution < -0.4 is 0 Å². The van der Waals surface area contributed by atoms with Crippen LogP contribution in [0.2, 0.25) is 5.02 Å². The molecule has 3 rings (SSSR count). The molecule has 3 aromatic rings. The molecule has 1 aromatic carbocycles. The van der Waals surface area contributed by atoms with Crippen molar-refractivity contribution in [2.45, 2.75) is 40.8 Å². The van der Waals surface area contributed by atoms with Crippen LogP contribution in [0.5, 0.6) is 0 Å². The van der Waals surface area contributed by atoms with E-state index >= 15 is 0 Å². The lowest BCUT2D eigenvalue weighted by Crippen LogP contribution is -2.16. The van der Waals surface area contributed by atoms with Gasteiger partial charge >= 0.3 is 5.97 Å². The molecule has 2 aromatic heterocycles. The van der Waals surface area contributed by atoms with Gasteiger partial charge in [-0.2, -0.15) is 5.10 Å². The zero-order valence-electron chi connectivity index (χ0n) is 18.2. The minimum Gasteiger partial charge on any atom is -0.454 e. The van der Waals surface area contributed by atoms with Gasteiger partial charge in [0.05, 0.1) is 17.9 Å². The molecule has 0 atom stereocenters. The minimum atomic E-state index is -0.561. The number of aromatic nitrogens is 3. The Hall–Kier alpha value is -3.12. The van der Waals surface area contributed by atoms with Crippen LogP contribution in [0.25, 0.3) is 0 Å². The Kier molecular flexibility index (Phi) is 6.81. The van der Waals surface area contributed by atoms with Crippen LogP contribution in [0.3, 0.4) is 0 Å². The molecule has 6 nitrogen and oxygen atoms in total. The standard InChI is InChI=1S/C24H26ClN3O3/c1-6-11-27-15(2)12-20(17(27)4)22(29)14-31-24(30)23-16(3)26-28(18(23)5)13-19-9-7-8-10-21(19)25/h6-10,12H,1,11,13-14H2,2-5H3. The number of halogens is 1. The molecule has 0 radical (unpaired) electrons.